The number of carbonyl (C=O) groups is 2. The quantitative estimate of drug-likeness (QED) is 0.664. The molecule has 9 nitrogen and oxygen atoms in total. The Bertz CT molecular complexity index is 1000. The maximum Gasteiger partial charge on any atom is 0.338 e. The minimum atomic E-state index is -0.629. The second kappa shape index (κ2) is 9.69. The van der Waals surface area contributed by atoms with E-state index in [2.05, 4.69) is 25.4 Å². The Morgan fingerprint density at radius 3 is 2.62 bits per heavy atom. The number of methoxy groups -OCH3 is 2. The first kappa shape index (κ1) is 21.6. The second-order valence-corrected chi connectivity index (χ2v) is 7.64. The summed E-state index contributed by atoms with van der Waals surface area (Å²) < 4.78 is 10.4. The molecule has 1 unspecified atom stereocenters. The monoisotopic (exact) mass is 437 g/mol. The number of nitrogens with zero attached hydrogens (tertiary/aromatic N) is 3. The highest BCUT2D eigenvalue weighted by atomic mass is 16.5. The molecule has 0 bridgehead atoms. The first-order chi connectivity index (χ1) is 15.6. The predicted octanol–water partition coefficient (Wildman–Crippen LogP) is 1.69. The van der Waals surface area contributed by atoms with Crippen LogP contribution in [0.4, 0.5) is 10.6 Å². The molecule has 2 amide bonds. The van der Waals surface area contributed by atoms with Crippen LogP contribution in [0.15, 0.2) is 59.9 Å². The van der Waals surface area contributed by atoms with Crippen molar-refractivity contribution in [3.63, 3.8) is 0 Å². The zero-order valence-electron chi connectivity index (χ0n) is 18.2. The topological polar surface area (TPSA) is 96.0 Å². The van der Waals surface area contributed by atoms with Crippen molar-refractivity contribution in [2.75, 3.05) is 51.8 Å². The number of amides is 2. The molecule has 2 aliphatic heterocycles. The molecule has 9 heteroatoms. The number of urea groups is 1. The number of hydrogen-bond acceptors (Lipinski definition) is 7. The number of anilines is 1. The van der Waals surface area contributed by atoms with Crippen LogP contribution in [0.25, 0.3) is 0 Å². The number of rotatable bonds is 6. The molecule has 168 valence electrons. The van der Waals surface area contributed by atoms with E-state index in [-0.39, 0.29) is 6.03 Å². The predicted molar refractivity (Wildman–Crippen MR) is 119 cm³/mol. The van der Waals surface area contributed by atoms with Gasteiger partial charge in [0.15, 0.2) is 0 Å². The lowest BCUT2D eigenvalue weighted by atomic mass is 9.94. The Balaban J connectivity index is 1.56. The first-order valence-electron chi connectivity index (χ1n) is 10.5. The lowest BCUT2D eigenvalue weighted by molar-refractivity contribution is -0.136. The van der Waals surface area contributed by atoms with Crippen molar-refractivity contribution < 1.29 is 19.1 Å². The van der Waals surface area contributed by atoms with Gasteiger partial charge in [-0.1, -0.05) is 18.2 Å². The van der Waals surface area contributed by atoms with E-state index in [0.29, 0.717) is 23.6 Å². The third-order valence-corrected chi connectivity index (χ3v) is 5.71. The first-order valence-corrected chi connectivity index (χ1v) is 10.5. The van der Waals surface area contributed by atoms with Crippen LogP contribution in [0.1, 0.15) is 11.6 Å². The Hall–Kier alpha value is -3.59. The third-order valence-electron chi connectivity index (χ3n) is 5.71. The van der Waals surface area contributed by atoms with E-state index in [1.165, 1.54) is 7.11 Å². The third kappa shape index (κ3) is 4.67. The minimum absolute atomic E-state index is 0.354. The molecule has 1 aromatic carbocycles. The van der Waals surface area contributed by atoms with Crippen LogP contribution in [-0.2, 0) is 9.53 Å². The number of esters is 1. The van der Waals surface area contributed by atoms with Crippen molar-refractivity contribution in [3.8, 4) is 5.75 Å². The summed E-state index contributed by atoms with van der Waals surface area (Å²) in [4.78, 5) is 34.1. The van der Waals surface area contributed by atoms with E-state index in [4.69, 9.17) is 9.47 Å². The molecule has 1 atom stereocenters. The summed E-state index contributed by atoms with van der Waals surface area (Å²) in [5, 5.41) is 5.68. The van der Waals surface area contributed by atoms with Crippen molar-refractivity contribution in [2.45, 2.75) is 6.04 Å². The van der Waals surface area contributed by atoms with Gasteiger partial charge in [-0.25, -0.2) is 14.6 Å². The Labute approximate surface area is 187 Å². The molecule has 2 aromatic rings. The Morgan fingerprint density at radius 2 is 1.94 bits per heavy atom. The molecule has 3 heterocycles. The molecule has 1 fully saturated rings. The van der Waals surface area contributed by atoms with Crippen molar-refractivity contribution >= 4 is 17.8 Å². The van der Waals surface area contributed by atoms with E-state index >= 15 is 0 Å². The second-order valence-electron chi connectivity index (χ2n) is 7.64. The Kier molecular flexibility index (Phi) is 6.55. The summed E-state index contributed by atoms with van der Waals surface area (Å²) in [6, 6.07) is 12.2. The molecule has 2 N–H and O–H groups in total. The van der Waals surface area contributed by atoms with E-state index in [0.717, 1.165) is 37.6 Å². The number of benzene rings is 1. The molecule has 32 heavy (non-hydrogen) atoms. The van der Waals surface area contributed by atoms with Gasteiger partial charge in [-0.2, -0.15) is 0 Å². The van der Waals surface area contributed by atoms with Gasteiger partial charge in [0, 0.05) is 44.6 Å². The van der Waals surface area contributed by atoms with Gasteiger partial charge in [0.1, 0.15) is 11.6 Å². The van der Waals surface area contributed by atoms with E-state index < -0.39 is 12.0 Å². The molecule has 0 aliphatic carbocycles. The summed E-state index contributed by atoms with van der Waals surface area (Å²) in [5.74, 6) is 1.12. The average molecular weight is 438 g/mol. The summed E-state index contributed by atoms with van der Waals surface area (Å²) >= 11 is 0. The number of pyridine rings is 1. The number of piperazine rings is 1. The summed E-state index contributed by atoms with van der Waals surface area (Å²) in [5.41, 5.74) is 1.70. The molecular formula is C23H27N5O4. The fraction of sp³-hybridized carbons (Fsp3) is 0.348. The fourth-order valence-corrected chi connectivity index (χ4v) is 4.06. The van der Waals surface area contributed by atoms with Crippen LogP contribution in [0.3, 0.4) is 0 Å². The van der Waals surface area contributed by atoms with Crippen LogP contribution in [0.5, 0.6) is 5.75 Å². The lowest BCUT2D eigenvalue weighted by Gasteiger charge is -2.37. The van der Waals surface area contributed by atoms with Gasteiger partial charge in [0.05, 0.1) is 25.8 Å². The van der Waals surface area contributed by atoms with E-state index in [1.807, 2.05) is 42.5 Å². The molecule has 2 aliphatic rings. The van der Waals surface area contributed by atoms with Crippen LogP contribution in [-0.4, -0.2) is 68.8 Å². The number of carbonyl (C=O) groups excluding carboxylic acids is 2. The van der Waals surface area contributed by atoms with Crippen LogP contribution in [0, 0.1) is 0 Å². The highest BCUT2D eigenvalue weighted by Crippen LogP contribution is 2.30. The molecule has 0 spiro atoms. The SMILES string of the molecule is COC(=O)C1=C(CN2CCN(c3ccccn3)CC2)NC(=O)NC1c1cccc(OC)c1. The molecule has 1 saturated heterocycles. The molecule has 0 radical (unpaired) electrons. The molecular weight excluding hydrogens is 410 g/mol. The number of ether oxygens (including phenoxy) is 2. The van der Waals surface area contributed by atoms with Crippen molar-refractivity contribution in [1.29, 1.82) is 0 Å². The van der Waals surface area contributed by atoms with E-state index in [1.54, 1.807) is 13.3 Å². The van der Waals surface area contributed by atoms with Gasteiger partial charge in [0.25, 0.3) is 0 Å². The van der Waals surface area contributed by atoms with Gasteiger partial charge in [0.2, 0.25) is 0 Å². The van der Waals surface area contributed by atoms with Crippen molar-refractivity contribution in [3.05, 3.63) is 65.5 Å². The largest absolute Gasteiger partial charge is 0.497 e. The highest BCUT2D eigenvalue weighted by Gasteiger charge is 2.34. The van der Waals surface area contributed by atoms with Gasteiger partial charge < -0.3 is 25.0 Å². The van der Waals surface area contributed by atoms with Gasteiger partial charge in [-0.15, -0.1) is 0 Å². The summed E-state index contributed by atoms with van der Waals surface area (Å²) in [6.07, 6.45) is 1.79. The zero-order chi connectivity index (χ0) is 22.5. The number of nitrogens with one attached hydrogen (secondary N) is 2. The van der Waals surface area contributed by atoms with E-state index in [9.17, 15) is 9.59 Å². The smallest absolute Gasteiger partial charge is 0.338 e. The van der Waals surface area contributed by atoms with Gasteiger partial charge in [-0.05, 0) is 29.8 Å². The van der Waals surface area contributed by atoms with Crippen LogP contribution in [0.2, 0.25) is 0 Å². The Morgan fingerprint density at radius 1 is 1.12 bits per heavy atom. The molecule has 4 rings (SSSR count). The lowest BCUT2D eigenvalue weighted by Crippen LogP contribution is -2.51. The minimum Gasteiger partial charge on any atom is -0.497 e. The highest BCUT2D eigenvalue weighted by molar-refractivity contribution is 5.95. The number of aromatic nitrogens is 1. The molecule has 1 aromatic heterocycles. The van der Waals surface area contributed by atoms with Crippen molar-refractivity contribution in [2.24, 2.45) is 0 Å². The van der Waals surface area contributed by atoms with Gasteiger partial charge >= 0.3 is 12.0 Å². The normalized spacial score (nSPS) is 19.2. The number of hydrogen-bond donors (Lipinski definition) is 2. The van der Waals surface area contributed by atoms with Crippen LogP contribution < -0.4 is 20.3 Å². The van der Waals surface area contributed by atoms with Gasteiger partial charge in [-0.3, -0.25) is 4.90 Å². The summed E-state index contributed by atoms with van der Waals surface area (Å²) in [6.45, 7) is 3.62. The standard InChI is InChI=1S/C23H27N5O4/c1-31-17-7-5-6-16(14-17)21-20(22(29)32-2)18(25-23(30)26-21)15-27-10-12-28(13-11-27)19-8-3-4-9-24-19/h3-9,14,21H,10-13,15H2,1-2H3,(H2,25,26,30). The van der Waals surface area contributed by atoms with Crippen LogP contribution >= 0.6 is 0 Å². The molecule has 0 saturated carbocycles. The maximum absolute atomic E-state index is 12.8. The fourth-order valence-electron chi connectivity index (χ4n) is 4.06. The maximum atomic E-state index is 12.8. The zero-order valence-corrected chi connectivity index (χ0v) is 18.2. The average Bonchev–Trinajstić information content (AvgIpc) is 2.84. The van der Waals surface area contributed by atoms with Crippen molar-refractivity contribution in [1.82, 2.24) is 20.5 Å². The summed E-state index contributed by atoms with van der Waals surface area (Å²) in [7, 11) is 2.92.